The van der Waals surface area contributed by atoms with E-state index in [-0.39, 0.29) is 6.54 Å². The van der Waals surface area contributed by atoms with Gasteiger partial charge in [0.15, 0.2) is 0 Å². The normalized spacial score (nSPS) is 26.3. The molecule has 0 aliphatic carbocycles. The molecule has 1 aliphatic heterocycles. The van der Waals surface area contributed by atoms with E-state index in [4.69, 9.17) is 0 Å². The summed E-state index contributed by atoms with van der Waals surface area (Å²) in [5.41, 5.74) is 0.661. The first kappa shape index (κ1) is 7.68. The van der Waals surface area contributed by atoms with Crippen LogP contribution in [0.25, 0.3) is 0 Å². The van der Waals surface area contributed by atoms with Crippen LogP contribution in [0, 0.1) is 0 Å². The zero-order chi connectivity index (χ0) is 8.60. The van der Waals surface area contributed by atoms with E-state index in [2.05, 4.69) is 5.32 Å². The summed E-state index contributed by atoms with van der Waals surface area (Å²) in [6.07, 6.45) is 0. The fraction of sp³-hybridized carbons (Fsp3) is 0.333. The largest absolute Gasteiger partial charge is 0.299 e. The predicted octanol–water partition coefficient (Wildman–Crippen LogP) is 1.97. The molecule has 0 aromatic heterocycles. The van der Waals surface area contributed by atoms with Gasteiger partial charge in [0.2, 0.25) is 0 Å². The van der Waals surface area contributed by atoms with Crippen molar-refractivity contribution in [1.82, 2.24) is 5.32 Å². The lowest BCUT2D eigenvalue weighted by Gasteiger charge is -2.37. The molecule has 1 aliphatic rings. The number of hydrogen-bond acceptors (Lipinski definition) is 1. The van der Waals surface area contributed by atoms with E-state index in [1.165, 1.54) is 0 Å². The highest BCUT2D eigenvalue weighted by molar-refractivity contribution is 5.24. The van der Waals surface area contributed by atoms with E-state index in [0.29, 0.717) is 5.56 Å². The first-order valence-electron chi connectivity index (χ1n) is 3.86. The van der Waals surface area contributed by atoms with Crippen LogP contribution in [0.15, 0.2) is 30.3 Å². The Morgan fingerprint density at radius 3 is 2.33 bits per heavy atom. The van der Waals surface area contributed by atoms with Crippen LogP contribution < -0.4 is 5.32 Å². The van der Waals surface area contributed by atoms with E-state index in [0.717, 1.165) is 0 Å². The summed E-state index contributed by atoms with van der Waals surface area (Å²) in [7, 11) is 0. The fourth-order valence-electron chi connectivity index (χ4n) is 1.37. The molecule has 0 spiro atoms. The molecule has 1 N–H and O–H groups in total. The number of benzene rings is 1. The van der Waals surface area contributed by atoms with Crippen molar-refractivity contribution >= 4 is 0 Å². The maximum atomic E-state index is 12.8. The Morgan fingerprint density at radius 1 is 1.25 bits per heavy atom. The van der Waals surface area contributed by atoms with Crippen molar-refractivity contribution in [3.63, 3.8) is 0 Å². The third-order valence-electron chi connectivity index (χ3n) is 2.10. The van der Waals surface area contributed by atoms with Crippen LogP contribution in [0.3, 0.4) is 0 Å². The topological polar surface area (TPSA) is 12.0 Å². The quantitative estimate of drug-likeness (QED) is 0.677. The molecule has 0 amide bonds. The van der Waals surface area contributed by atoms with Gasteiger partial charge in [-0.3, -0.25) is 5.32 Å². The lowest BCUT2D eigenvalue weighted by Crippen LogP contribution is -2.55. The van der Waals surface area contributed by atoms with Gasteiger partial charge in [0, 0.05) is 0 Å². The molecule has 1 aromatic rings. The average molecular weight is 169 g/mol. The average Bonchev–Trinajstić information content (AvgIpc) is 2.05. The van der Waals surface area contributed by atoms with Gasteiger partial charge in [0.25, 0.3) is 5.92 Å². The first-order chi connectivity index (χ1) is 5.70. The van der Waals surface area contributed by atoms with Crippen LogP contribution >= 0.6 is 0 Å². The lowest BCUT2D eigenvalue weighted by atomic mass is 9.94. The van der Waals surface area contributed by atoms with Crippen molar-refractivity contribution in [3.8, 4) is 0 Å². The van der Waals surface area contributed by atoms with Gasteiger partial charge in [0.05, 0.1) is 12.6 Å². The molecule has 64 valence electrons. The monoisotopic (exact) mass is 169 g/mol. The molecule has 3 heteroatoms. The van der Waals surface area contributed by atoms with Crippen molar-refractivity contribution < 1.29 is 8.78 Å². The Morgan fingerprint density at radius 2 is 1.92 bits per heavy atom. The standard InChI is InChI=1S/C9H9F2N/c10-9(11)6-12-8(9)7-4-2-1-3-5-7/h1-5,8,12H,6H2/t8-/m1/s1. The molecule has 0 unspecified atom stereocenters. The molecule has 0 bridgehead atoms. The summed E-state index contributed by atoms with van der Waals surface area (Å²) in [6, 6.07) is 8.01. The van der Waals surface area contributed by atoms with Gasteiger partial charge in [-0.05, 0) is 5.56 Å². The van der Waals surface area contributed by atoms with Crippen LogP contribution in [0.4, 0.5) is 8.78 Å². The first-order valence-corrected chi connectivity index (χ1v) is 3.86. The second-order valence-electron chi connectivity index (χ2n) is 2.99. The summed E-state index contributed by atoms with van der Waals surface area (Å²) >= 11 is 0. The van der Waals surface area contributed by atoms with Crippen molar-refractivity contribution in [3.05, 3.63) is 35.9 Å². The molecular weight excluding hydrogens is 160 g/mol. The smallest absolute Gasteiger partial charge is 0.279 e. The predicted molar refractivity (Wildman–Crippen MR) is 42.1 cm³/mol. The minimum atomic E-state index is -2.57. The maximum Gasteiger partial charge on any atom is 0.279 e. The number of rotatable bonds is 1. The molecule has 1 aromatic carbocycles. The highest BCUT2D eigenvalue weighted by Gasteiger charge is 2.48. The minimum absolute atomic E-state index is 0.202. The van der Waals surface area contributed by atoms with Crippen LogP contribution in [-0.4, -0.2) is 12.5 Å². The second kappa shape index (κ2) is 2.52. The van der Waals surface area contributed by atoms with Gasteiger partial charge in [-0.15, -0.1) is 0 Å². The maximum absolute atomic E-state index is 12.8. The van der Waals surface area contributed by atoms with Crippen LogP contribution in [0.1, 0.15) is 11.6 Å². The lowest BCUT2D eigenvalue weighted by molar-refractivity contribution is -0.0970. The molecule has 1 nitrogen and oxygen atoms in total. The molecule has 2 rings (SSSR count). The number of halogens is 2. The zero-order valence-electron chi connectivity index (χ0n) is 6.43. The van der Waals surface area contributed by atoms with Crippen LogP contribution in [0.2, 0.25) is 0 Å². The van der Waals surface area contributed by atoms with E-state index in [9.17, 15) is 8.78 Å². The summed E-state index contributed by atoms with van der Waals surface area (Å²) in [5, 5.41) is 2.70. The van der Waals surface area contributed by atoms with Gasteiger partial charge in [-0.2, -0.15) is 0 Å². The Hall–Kier alpha value is -0.960. The number of alkyl halides is 2. The highest BCUT2D eigenvalue weighted by atomic mass is 19.3. The highest BCUT2D eigenvalue weighted by Crippen LogP contribution is 2.37. The van der Waals surface area contributed by atoms with E-state index >= 15 is 0 Å². The third kappa shape index (κ3) is 1.10. The van der Waals surface area contributed by atoms with Gasteiger partial charge < -0.3 is 0 Å². The third-order valence-corrected chi connectivity index (χ3v) is 2.10. The van der Waals surface area contributed by atoms with E-state index < -0.39 is 12.0 Å². The van der Waals surface area contributed by atoms with Gasteiger partial charge >= 0.3 is 0 Å². The fourth-order valence-corrected chi connectivity index (χ4v) is 1.37. The molecule has 12 heavy (non-hydrogen) atoms. The molecule has 1 saturated heterocycles. The molecule has 0 saturated carbocycles. The Labute approximate surface area is 69.4 Å². The molecule has 1 atom stereocenters. The zero-order valence-corrected chi connectivity index (χ0v) is 6.43. The molecule has 0 radical (unpaired) electrons. The SMILES string of the molecule is FC1(F)CN[C@@H]1c1ccccc1. The minimum Gasteiger partial charge on any atom is -0.299 e. The summed E-state index contributed by atoms with van der Waals surface area (Å²) < 4.78 is 25.7. The number of hydrogen-bond donors (Lipinski definition) is 1. The van der Waals surface area contributed by atoms with Gasteiger partial charge in [-0.1, -0.05) is 30.3 Å². The Balaban J connectivity index is 2.22. The van der Waals surface area contributed by atoms with Crippen LogP contribution in [0.5, 0.6) is 0 Å². The summed E-state index contributed by atoms with van der Waals surface area (Å²) in [5.74, 6) is -2.57. The van der Waals surface area contributed by atoms with Gasteiger partial charge in [0.1, 0.15) is 0 Å². The van der Waals surface area contributed by atoms with E-state index in [1.54, 1.807) is 24.3 Å². The molecular formula is C9H9F2N. The molecule has 1 heterocycles. The number of nitrogens with one attached hydrogen (secondary N) is 1. The van der Waals surface area contributed by atoms with Crippen molar-refractivity contribution in [2.45, 2.75) is 12.0 Å². The Bertz CT molecular complexity index is 271. The summed E-state index contributed by atoms with van der Waals surface area (Å²) in [6.45, 7) is -0.202. The van der Waals surface area contributed by atoms with Gasteiger partial charge in [-0.25, -0.2) is 8.78 Å². The summed E-state index contributed by atoms with van der Waals surface area (Å²) in [4.78, 5) is 0. The molecule has 1 fully saturated rings. The van der Waals surface area contributed by atoms with Crippen molar-refractivity contribution in [1.29, 1.82) is 0 Å². The van der Waals surface area contributed by atoms with E-state index in [1.807, 2.05) is 6.07 Å². The second-order valence-corrected chi connectivity index (χ2v) is 2.99. The van der Waals surface area contributed by atoms with Crippen LogP contribution in [-0.2, 0) is 0 Å². The Kier molecular flexibility index (Phi) is 1.61. The van der Waals surface area contributed by atoms with Crippen molar-refractivity contribution in [2.75, 3.05) is 6.54 Å². The van der Waals surface area contributed by atoms with Crippen molar-refractivity contribution in [2.24, 2.45) is 0 Å².